The molecule has 9 nitrogen and oxygen atoms in total. The van der Waals surface area contributed by atoms with Crippen LogP contribution in [0.1, 0.15) is 35.7 Å². The first-order valence-corrected chi connectivity index (χ1v) is 11.1. The number of ether oxygens (including phenoxy) is 1. The van der Waals surface area contributed by atoms with Gasteiger partial charge in [0.2, 0.25) is 5.88 Å². The summed E-state index contributed by atoms with van der Waals surface area (Å²) in [7, 11) is 1.52. The predicted octanol–water partition coefficient (Wildman–Crippen LogP) is 4.44. The SMILES string of the molecule is CCCCN(Cc1ccc(-c2ccccc2-c2nnn[nH]2)cc1)c1nc(OC)ccc1C(=O)O. The van der Waals surface area contributed by atoms with Crippen LogP contribution >= 0.6 is 0 Å². The summed E-state index contributed by atoms with van der Waals surface area (Å²) >= 11 is 0. The van der Waals surface area contributed by atoms with Crippen LogP contribution in [0.4, 0.5) is 5.82 Å². The fraction of sp³-hybridized carbons (Fsp3) is 0.240. The maximum absolute atomic E-state index is 11.9. The number of aromatic nitrogens is 5. The first-order chi connectivity index (χ1) is 16.6. The van der Waals surface area contributed by atoms with Crippen LogP contribution in [0.2, 0.25) is 0 Å². The van der Waals surface area contributed by atoms with Crippen LogP contribution in [-0.2, 0) is 6.54 Å². The lowest BCUT2D eigenvalue weighted by atomic mass is 9.98. The van der Waals surface area contributed by atoms with Gasteiger partial charge in [-0.25, -0.2) is 9.89 Å². The summed E-state index contributed by atoms with van der Waals surface area (Å²) in [5, 5.41) is 23.9. The van der Waals surface area contributed by atoms with E-state index in [1.165, 1.54) is 7.11 Å². The van der Waals surface area contributed by atoms with Crippen LogP contribution in [0.15, 0.2) is 60.7 Å². The molecule has 2 N–H and O–H groups in total. The topological polar surface area (TPSA) is 117 Å². The lowest BCUT2D eigenvalue weighted by Gasteiger charge is -2.25. The van der Waals surface area contributed by atoms with Gasteiger partial charge in [0.25, 0.3) is 0 Å². The second kappa shape index (κ2) is 10.6. The molecule has 0 unspecified atom stereocenters. The zero-order valence-corrected chi connectivity index (χ0v) is 19.1. The second-order valence-corrected chi connectivity index (χ2v) is 7.80. The molecule has 0 atom stereocenters. The number of carboxylic acid groups (broad SMARTS) is 1. The van der Waals surface area contributed by atoms with E-state index in [0.717, 1.165) is 35.1 Å². The molecule has 9 heteroatoms. The van der Waals surface area contributed by atoms with Crippen LogP contribution in [0.3, 0.4) is 0 Å². The Morgan fingerprint density at radius 1 is 1.06 bits per heavy atom. The molecule has 174 valence electrons. The van der Waals surface area contributed by atoms with E-state index in [2.05, 4.69) is 32.5 Å². The van der Waals surface area contributed by atoms with Gasteiger partial charge in [-0.15, -0.1) is 5.10 Å². The van der Waals surface area contributed by atoms with Crippen LogP contribution < -0.4 is 9.64 Å². The van der Waals surface area contributed by atoms with Gasteiger partial charge in [0.15, 0.2) is 5.82 Å². The molecular formula is C25H26N6O3. The van der Waals surface area contributed by atoms with Crippen LogP contribution in [-0.4, -0.2) is 50.3 Å². The summed E-state index contributed by atoms with van der Waals surface area (Å²) < 4.78 is 5.25. The number of nitrogens with zero attached hydrogens (tertiary/aromatic N) is 5. The van der Waals surface area contributed by atoms with Crippen molar-refractivity contribution in [3.63, 3.8) is 0 Å². The molecule has 0 spiro atoms. The van der Waals surface area contributed by atoms with Crippen molar-refractivity contribution in [1.29, 1.82) is 0 Å². The van der Waals surface area contributed by atoms with Gasteiger partial charge < -0.3 is 14.7 Å². The van der Waals surface area contributed by atoms with Crippen molar-refractivity contribution < 1.29 is 14.6 Å². The molecule has 2 aromatic heterocycles. The molecule has 0 aliphatic heterocycles. The van der Waals surface area contributed by atoms with Gasteiger partial charge in [0.1, 0.15) is 11.4 Å². The van der Waals surface area contributed by atoms with E-state index in [9.17, 15) is 9.90 Å². The molecule has 0 amide bonds. The highest BCUT2D eigenvalue weighted by atomic mass is 16.5. The molecule has 2 heterocycles. The number of aromatic amines is 1. The van der Waals surface area contributed by atoms with Crippen molar-refractivity contribution in [2.24, 2.45) is 0 Å². The summed E-state index contributed by atoms with van der Waals surface area (Å²) in [6.07, 6.45) is 1.89. The van der Waals surface area contributed by atoms with Crippen LogP contribution in [0, 0.1) is 0 Å². The maximum Gasteiger partial charge on any atom is 0.339 e. The number of hydrogen-bond acceptors (Lipinski definition) is 7. The number of aromatic carboxylic acids is 1. The molecule has 0 aliphatic carbocycles. The zero-order valence-electron chi connectivity index (χ0n) is 19.1. The Bertz CT molecular complexity index is 1240. The largest absolute Gasteiger partial charge is 0.481 e. The summed E-state index contributed by atoms with van der Waals surface area (Å²) in [5.74, 6) is 0.388. The standard InChI is InChI=1S/C25H26N6O3/c1-3-4-15-31(24-21(25(32)33)13-14-22(26-24)34-2)16-17-9-11-18(12-10-17)19-7-5-6-8-20(19)23-27-29-30-28-23/h5-14H,3-4,15-16H2,1-2H3,(H,32,33)(H,27,28,29,30). The minimum atomic E-state index is -1.01. The Kier molecular flexibility index (Phi) is 7.12. The van der Waals surface area contributed by atoms with Crippen LogP contribution in [0.25, 0.3) is 22.5 Å². The number of tetrazole rings is 1. The van der Waals surface area contributed by atoms with Gasteiger partial charge in [0, 0.05) is 24.7 Å². The quantitative estimate of drug-likeness (QED) is 0.358. The second-order valence-electron chi connectivity index (χ2n) is 7.80. The fourth-order valence-electron chi connectivity index (χ4n) is 3.79. The Labute approximate surface area is 197 Å². The highest BCUT2D eigenvalue weighted by Crippen LogP contribution is 2.30. The van der Waals surface area contributed by atoms with Gasteiger partial charge in [0.05, 0.1) is 7.11 Å². The Morgan fingerprint density at radius 3 is 2.47 bits per heavy atom. The highest BCUT2D eigenvalue weighted by Gasteiger charge is 2.19. The van der Waals surface area contributed by atoms with Crippen molar-refractivity contribution >= 4 is 11.8 Å². The number of rotatable bonds is 10. The molecule has 4 aromatic rings. The maximum atomic E-state index is 11.9. The van der Waals surface area contributed by atoms with Gasteiger partial charge in [-0.2, -0.15) is 4.98 Å². The summed E-state index contributed by atoms with van der Waals surface area (Å²) in [6, 6.07) is 19.2. The van der Waals surface area contributed by atoms with Gasteiger partial charge >= 0.3 is 5.97 Å². The zero-order chi connectivity index (χ0) is 23.9. The Hall–Kier alpha value is -4.27. The number of unbranched alkanes of at least 4 members (excludes halogenated alkanes) is 1. The van der Waals surface area contributed by atoms with Crippen molar-refractivity contribution in [3.8, 4) is 28.4 Å². The molecule has 34 heavy (non-hydrogen) atoms. The van der Waals surface area contributed by atoms with E-state index in [-0.39, 0.29) is 5.56 Å². The Morgan fingerprint density at radius 2 is 1.82 bits per heavy atom. The molecular weight excluding hydrogens is 432 g/mol. The highest BCUT2D eigenvalue weighted by molar-refractivity contribution is 5.93. The van der Waals surface area contributed by atoms with E-state index in [0.29, 0.717) is 30.6 Å². The summed E-state index contributed by atoms with van der Waals surface area (Å²) in [6.45, 7) is 3.31. The monoisotopic (exact) mass is 458 g/mol. The van der Waals surface area contributed by atoms with Gasteiger partial charge in [-0.1, -0.05) is 61.9 Å². The lowest BCUT2D eigenvalue weighted by molar-refractivity contribution is 0.0697. The van der Waals surface area contributed by atoms with Gasteiger partial charge in [-0.05, 0) is 39.6 Å². The molecule has 0 saturated heterocycles. The van der Waals surface area contributed by atoms with Crippen molar-refractivity contribution in [1.82, 2.24) is 25.6 Å². The fourth-order valence-corrected chi connectivity index (χ4v) is 3.79. The predicted molar refractivity (Wildman–Crippen MR) is 129 cm³/mol. The van der Waals surface area contributed by atoms with Gasteiger partial charge in [-0.3, -0.25) is 0 Å². The third kappa shape index (κ3) is 5.03. The molecule has 4 rings (SSSR count). The van der Waals surface area contributed by atoms with E-state index < -0.39 is 5.97 Å². The smallest absolute Gasteiger partial charge is 0.339 e. The molecule has 0 aliphatic rings. The minimum Gasteiger partial charge on any atom is -0.481 e. The molecule has 0 bridgehead atoms. The summed E-state index contributed by atoms with van der Waals surface area (Å²) in [4.78, 5) is 18.3. The number of carbonyl (C=O) groups is 1. The average Bonchev–Trinajstić information content (AvgIpc) is 3.41. The van der Waals surface area contributed by atoms with Crippen molar-refractivity contribution in [3.05, 3.63) is 71.8 Å². The molecule has 0 saturated carbocycles. The third-order valence-corrected chi connectivity index (χ3v) is 5.54. The van der Waals surface area contributed by atoms with E-state index in [1.807, 2.05) is 53.4 Å². The number of carboxylic acids is 1. The lowest BCUT2D eigenvalue weighted by Crippen LogP contribution is -2.27. The van der Waals surface area contributed by atoms with E-state index in [1.54, 1.807) is 12.1 Å². The first-order valence-electron chi connectivity index (χ1n) is 11.1. The van der Waals surface area contributed by atoms with E-state index >= 15 is 0 Å². The number of pyridine rings is 1. The van der Waals surface area contributed by atoms with Crippen molar-refractivity contribution in [2.45, 2.75) is 26.3 Å². The van der Waals surface area contributed by atoms with Crippen molar-refractivity contribution in [2.75, 3.05) is 18.6 Å². The molecule has 2 aromatic carbocycles. The molecule has 0 radical (unpaired) electrons. The Balaban J connectivity index is 1.64. The first kappa shape index (κ1) is 22.9. The molecule has 0 fully saturated rings. The number of hydrogen-bond donors (Lipinski definition) is 2. The average molecular weight is 459 g/mol. The number of anilines is 1. The van der Waals surface area contributed by atoms with E-state index in [4.69, 9.17) is 4.74 Å². The number of benzene rings is 2. The van der Waals surface area contributed by atoms with Crippen LogP contribution in [0.5, 0.6) is 5.88 Å². The minimum absolute atomic E-state index is 0.156. The third-order valence-electron chi connectivity index (χ3n) is 5.54. The summed E-state index contributed by atoms with van der Waals surface area (Å²) in [5.41, 5.74) is 4.15. The number of nitrogens with one attached hydrogen (secondary N) is 1. The number of H-pyrrole nitrogens is 1. The normalized spacial score (nSPS) is 10.8. The number of methoxy groups -OCH3 is 1.